The van der Waals surface area contributed by atoms with Crippen molar-refractivity contribution in [3.05, 3.63) is 46.9 Å². The van der Waals surface area contributed by atoms with Crippen LogP contribution >= 0.6 is 15.9 Å². The Bertz CT molecular complexity index is 698. The number of halogens is 2. The summed E-state index contributed by atoms with van der Waals surface area (Å²) in [5.41, 5.74) is 0.574. The normalized spacial score (nSPS) is 17.8. The average molecular weight is 379 g/mol. The van der Waals surface area contributed by atoms with Gasteiger partial charge in [-0.3, -0.25) is 4.79 Å². The van der Waals surface area contributed by atoms with Crippen LogP contribution < -0.4 is 10.2 Å². The fraction of sp³-hybridized carbons (Fsp3) is 0.312. The molecule has 2 heterocycles. The van der Waals surface area contributed by atoms with E-state index in [4.69, 9.17) is 0 Å². The largest absolute Gasteiger partial charge is 0.340 e. The van der Waals surface area contributed by atoms with E-state index in [0.717, 1.165) is 19.4 Å². The van der Waals surface area contributed by atoms with Crippen molar-refractivity contribution >= 4 is 33.5 Å². The van der Waals surface area contributed by atoms with E-state index in [0.29, 0.717) is 22.7 Å². The Labute approximate surface area is 142 Å². The summed E-state index contributed by atoms with van der Waals surface area (Å²) in [6.07, 6.45) is 5.11. The molecule has 1 aliphatic rings. The van der Waals surface area contributed by atoms with Gasteiger partial charge < -0.3 is 10.2 Å². The first-order valence-corrected chi connectivity index (χ1v) is 8.20. The van der Waals surface area contributed by atoms with Gasteiger partial charge in [0.1, 0.15) is 5.82 Å². The maximum atomic E-state index is 13.1. The van der Waals surface area contributed by atoms with Gasteiger partial charge in [-0.1, -0.05) is 0 Å². The van der Waals surface area contributed by atoms with Gasteiger partial charge >= 0.3 is 0 Å². The molecule has 1 amide bonds. The van der Waals surface area contributed by atoms with Crippen molar-refractivity contribution in [3.63, 3.8) is 0 Å². The third-order valence-electron chi connectivity index (χ3n) is 3.82. The van der Waals surface area contributed by atoms with Gasteiger partial charge in [0.05, 0.1) is 11.6 Å². The highest BCUT2D eigenvalue weighted by molar-refractivity contribution is 9.10. The summed E-state index contributed by atoms with van der Waals surface area (Å²) in [5.74, 6) is 0.0790. The molecule has 1 aliphatic heterocycles. The molecule has 3 rings (SSSR count). The lowest BCUT2D eigenvalue weighted by atomic mass is 9.97. The molecular weight excluding hydrogens is 363 g/mol. The summed E-state index contributed by atoms with van der Waals surface area (Å²) in [7, 11) is 0. The lowest BCUT2D eigenvalue weighted by Gasteiger charge is -2.31. The van der Waals surface area contributed by atoms with Crippen LogP contribution in [0.4, 0.5) is 16.0 Å². The SMILES string of the molecule is O=C(Nc1ccc(F)cc1Br)C1CCCN(c2ncccn2)C1. The first-order chi connectivity index (χ1) is 11.1. The van der Waals surface area contributed by atoms with Crippen molar-refractivity contribution in [1.29, 1.82) is 0 Å². The molecule has 1 saturated heterocycles. The molecule has 23 heavy (non-hydrogen) atoms. The topological polar surface area (TPSA) is 58.1 Å². The van der Waals surface area contributed by atoms with Crippen molar-refractivity contribution in [2.75, 3.05) is 23.3 Å². The minimum Gasteiger partial charge on any atom is -0.340 e. The highest BCUT2D eigenvalue weighted by Gasteiger charge is 2.27. The Morgan fingerprint density at radius 2 is 2.13 bits per heavy atom. The van der Waals surface area contributed by atoms with Gasteiger partial charge in [-0.15, -0.1) is 0 Å². The number of nitrogens with one attached hydrogen (secondary N) is 1. The molecule has 0 spiro atoms. The monoisotopic (exact) mass is 378 g/mol. The van der Waals surface area contributed by atoms with Crippen LogP contribution in [0.15, 0.2) is 41.1 Å². The second-order valence-corrected chi connectivity index (χ2v) is 6.30. The van der Waals surface area contributed by atoms with Gasteiger partial charge in [-0.05, 0) is 53.0 Å². The molecule has 1 N–H and O–H groups in total. The molecule has 7 heteroatoms. The molecular formula is C16H16BrFN4O. The Hall–Kier alpha value is -2.02. The minimum atomic E-state index is -0.347. The van der Waals surface area contributed by atoms with E-state index in [1.165, 1.54) is 12.1 Å². The highest BCUT2D eigenvalue weighted by Crippen LogP contribution is 2.26. The number of piperidine rings is 1. The minimum absolute atomic E-state index is 0.0714. The van der Waals surface area contributed by atoms with Crippen molar-refractivity contribution in [2.24, 2.45) is 5.92 Å². The Morgan fingerprint density at radius 1 is 1.35 bits per heavy atom. The zero-order valence-corrected chi connectivity index (χ0v) is 14.0. The van der Waals surface area contributed by atoms with Gasteiger partial charge in [0.2, 0.25) is 11.9 Å². The Morgan fingerprint density at radius 3 is 2.87 bits per heavy atom. The van der Waals surface area contributed by atoms with E-state index in [-0.39, 0.29) is 17.6 Å². The number of carbonyl (C=O) groups is 1. The molecule has 120 valence electrons. The highest BCUT2D eigenvalue weighted by atomic mass is 79.9. The van der Waals surface area contributed by atoms with Crippen molar-refractivity contribution in [3.8, 4) is 0 Å². The molecule has 0 aliphatic carbocycles. The van der Waals surface area contributed by atoms with Crippen molar-refractivity contribution < 1.29 is 9.18 Å². The third kappa shape index (κ3) is 3.85. The van der Waals surface area contributed by atoms with E-state index >= 15 is 0 Å². The summed E-state index contributed by atoms with van der Waals surface area (Å²) in [6, 6.07) is 5.98. The summed E-state index contributed by atoms with van der Waals surface area (Å²) >= 11 is 3.26. The zero-order valence-electron chi connectivity index (χ0n) is 12.4. The fourth-order valence-corrected chi connectivity index (χ4v) is 3.10. The van der Waals surface area contributed by atoms with Crippen LogP contribution in [0, 0.1) is 11.7 Å². The number of hydrogen-bond donors (Lipinski definition) is 1. The smallest absolute Gasteiger partial charge is 0.229 e. The zero-order chi connectivity index (χ0) is 16.2. The van der Waals surface area contributed by atoms with E-state index in [1.54, 1.807) is 24.5 Å². The number of amides is 1. The first kappa shape index (κ1) is 15.9. The number of benzene rings is 1. The number of anilines is 2. The maximum Gasteiger partial charge on any atom is 0.229 e. The number of rotatable bonds is 3. The van der Waals surface area contributed by atoms with Crippen LogP contribution in [0.25, 0.3) is 0 Å². The van der Waals surface area contributed by atoms with E-state index in [9.17, 15) is 9.18 Å². The molecule has 1 unspecified atom stereocenters. The summed E-state index contributed by atoms with van der Waals surface area (Å²) in [6.45, 7) is 1.42. The fourth-order valence-electron chi connectivity index (χ4n) is 2.65. The van der Waals surface area contributed by atoms with Gasteiger partial charge in [0, 0.05) is 30.0 Å². The van der Waals surface area contributed by atoms with Crippen LogP contribution in [0.2, 0.25) is 0 Å². The third-order valence-corrected chi connectivity index (χ3v) is 4.47. The predicted octanol–water partition coefficient (Wildman–Crippen LogP) is 3.23. The van der Waals surface area contributed by atoms with Crippen molar-refractivity contribution in [2.45, 2.75) is 12.8 Å². The number of nitrogens with zero attached hydrogens (tertiary/aromatic N) is 3. The predicted molar refractivity (Wildman–Crippen MR) is 89.7 cm³/mol. The Kier molecular flexibility index (Phi) is 4.85. The van der Waals surface area contributed by atoms with Crippen LogP contribution in [0.3, 0.4) is 0 Å². The molecule has 1 atom stereocenters. The molecule has 0 bridgehead atoms. The van der Waals surface area contributed by atoms with E-state index in [2.05, 4.69) is 31.2 Å². The molecule has 0 radical (unpaired) electrons. The van der Waals surface area contributed by atoms with E-state index in [1.807, 2.05) is 4.90 Å². The van der Waals surface area contributed by atoms with E-state index < -0.39 is 0 Å². The van der Waals surface area contributed by atoms with Crippen molar-refractivity contribution in [1.82, 2.24) is 9.97 Å². The molecule has 5 nitrogen and oxygen atoms in total. The number of hydrogen-bond acceptors (Lipinski definition) is 4. The van der Waals surface area contributed by atoms with Gasteiger partial charge in [0.25, 0.3) is 0 Å². The molecule has 1 fully saturated rings. The van der Waals surface area contributed by atoms with Crippen LogP contribution in [-0.4, -0.2) is 29.0 Å². The molecule has 1 aromatic heterocycles. The molecule has 2 aromatic rings. The van der Waals surface area contributed by atoms with Crippen LogP contribution in [0.5, 0.6) is 0 Å². The number of aromatic nitrogens is 2. The summed E-state index contributed by atoms with van der Waals surface area (Å²) in [5, 5.41) is 2.86. The lowest BCUT2D eigenvalue weighted by molar-refractivity contribution is -0.120. The second-order valence-electron chi connectivity index (χ2n) is 5.45. The standard InChI is InChI=1S/C16H16BrFN4O/c17-13-9-12(18)4-5-14(13)21-15(23)11-3-1-8-22(10-11)16-19-6-2-7-20-16/h2,4-7,9,11H,1,3,8,10H2,(H,21,23). The summed E-state index contributed by atoms with van der Waals surface area (Å²) in [4.78, 5) is 23.0. The quantitative estimate of drug-likeness (QED) is 0.890. The van der Waals surface area contributed by atoms with Gasteiger partial charge in [-0.2, -0.15) is 0 Å². The number of carbonyl (C=O) groups excluding carboxylic acids is 1. The second kappa shape index (κ2) is 7.04. The first-order valence-electron chi connectivity index (χ1n) is 7.41. The average Bonchev–Trinajstić information content (AvgIpc) is 2.58. The maximum absolute atomic E-state index is 13.1. The van der Waals surface area contributed by atoms with Crippen LogP contribution in [0.1, 0.15) is 12.8 Å². The Balaban J connectivity index is 1.67. The van der Waals surface area contributed by atoms with Crippen LogP contribution in [-0.2, 0) is 4.79 Å². The molecule has 0 saturated carbocycles. The summed E-state index contributed by atoms with van der Waals surface area (Å²) < 4.78 is 13.6. The van der Waals surface area contributed by atoms with Gasteiger partial charge in [0.15, 0.2) is 0 Å². The lowest BCUT2D eigenvalue weighted by Crippen LogP contribution is -2.41. The van der Waals surface area contributed by atoms with Gasteiger partial charge in [-0.25, -0.2) is 14.4 Å². The molecule has 1 aromatic carbocycles.